The Morgan fingerprint density at radius 2 is 2.06 bits per heavy atom. The molecule has 0 amide bonds. The fourth-order valence-corrected chi connectivity index (χ4v) is 2.00. The van der Waals surface area contributed by atoms with E-state index in [9.17, 15) is 4.39 Å². The van der Waals surface area contributed by atoms with Crippen LogP contribution in [0.3, 0.4) is 0 Å². The lowest BCUT2D eigenvalue weighted by Crippen LogP contribution is -2.34. The smallest absolute Gasteiger partial charge is 0.103 e. The van der Waals surface area contributed by atoms with E-state index in [0.717, 1.165) is 5.69 Å². The number of nitrogens with two attached hydrogens (primary N) is 1. The zero-order valence-corrected chi connectivity index (χ0v) is 8.99. The summed E-state index contributed by atoms with van der Waals surface area (Å²) in [4.78, 5) is 2.08. The predicted molar refractivity (Wildman–Crippen MR) is 61.9 cm³/mol. The summed E-state index contributed by atoms with van der Waals surface area (Å²) in [5.74, 6) is 0. The van der Waals surface area contributed by atoms with E-state index in [2.05, 4.69) is 4.90 Å². The number of benzene rings is 1. The van der Waals surface area contributed by atoms with Gasteiger partial charge < -0.3 is 10.6 Å². The molecule has 2 N–H and O–H groups in total. The van der Waals surface area contributed by atoms with Gasteiger partial charge in [0.2, 0.25) is 0 Å². The molecule has 0 aromatic heterocycles. The van der Waals surface area contributed by atoms with Gasteiger partial charge in [-0.25, -0.2) is 4.39 Å². The lowest BCUT2D eigenvalue weighted by atomic mass is 10.1. The van der Waals surface area contributed by atoms with Crippen LogP contribution in [0.2, 0.25) is 0 Å². The van der Waals surface area contributed by atoms with Gasteiger partial charge >= 0.3 is 0 Å². The summed E-state index contributed by atoms with van der Waals surface area (Å²) < 4.78 is 13.0. The van der Waals surface area contributed by atoms with Crippen molar-refractivity contribution in [3.8, 4) is 6.07 Å². The highest BCUT2D eigenvalue weighted by atomic mass is 19.1. The summed E-state index contributed by atoms with van der Waals surface area (Å²) in [6.07, 6.45) is 0.426. The number of hydrogen-bond donors (Lipinski definition) is 1. The Labute approximate surface area is 94.3 Å². The number of hydrogen-bond acceptors (Lipinski definition) is 3. The average molecular weight is 219 g/mol. The van der Waals surface area contributed by atoms with Crippen molar-refractivity contribution in [3.63, 3.8) is 0 Å². The van der Waals surface area contributed by atoms with Gasteiger partial charge in [0.15, 0.2) is 0 Å². The number of piperidine rings is 1. The second-order valence-corrected chi connectivity index (χ2v) is 4.05. The van der Waals surface area contributed by atoms with Crippen molar-refractivity contribution in [2.45, 2.75) is 19.0 Å². The van der Waals surface area contributed by atoms with Gasteiger partial charge in [-0.15, -0.1) is 0 Å². The number of halogens is 1. The molecule has 2 rings (SSSR count). The molecular formula is C12H14FN3. The Bertz CT molecular complexity index is 417. The van der Waals surface area contributed by atoms with Gasteiger partial charge in [0.25, 0.3) is 0 Å². The van der Waals surface area contributed by atoms with Crippen molar-refractivity contribution in [3.05, 3.63) is 23.8 Å². The Morgan fingerprint density at radius 1 is 1.38 bits per heavy atom. The van der Waals surface area contributed by atoms with Gasteiger partial charge in [0, 0.05) is 13.1 Å². The van der Waals surface area contributed by atoms with Crippen molar-refractivity contribution in [1.29, 1.82) is 5.26 Å². The summed E-state index contributed by atoms with van der Waals surface area (Å²) in [5, 5.41) is 8.73. The lowest BCUT2D eigenvalue weighted by Gasteiger charge is -2.31. The first kappa shape index (κ1) is 10.7. The van der Waals surface area contributed by atoms with E-state index < -0.39 is 6.17 Å². The van der Waals surface area contributed by atoms with Crippen LogP contribution in [0.15, 0.2) is 18.2 Å². The van der Waals surface area contributed by atoms with Crippen molar-refractivity contribution in [2.75, 3.05) is 23.7 Å². The first-order valence-corrected chi connectivity index (χ1v) is 5.39. The molecule has 1 aromatic carbocycles. The zero-order valence-electron chi connectivity index (χ0n) is 8.99. The van der Waals surface area contributed by atoms with Crippen LogP contribution in [-0.4, -0.2) is 19.3 Å². The molecule has 1 aromatic rings. The maximum absolute atomic E-state index is 13.0. The standard InChI is InChI=1S/C12H14FN3/c13-10-3-5-16(6-4-10)12-2-1-9(8-14)7-11(12)15/h1-2,7,10H,3-6,15H2. The van der Waals surface area contributed by atoms with Crippen molar-refractivity contribution < 1.29 is 4.39 Å². The Hall–Kier alpha value is -1.76. The molecule has 3 nitrogen and oxygen atoms in total. The molecule has 16 heavy (non-hydrogen) atoms. The molecule has 0 bridgehead atoms. The number of nitrogen functional groups attached to an aromatic ring is 1. The maximum atomic E-state index is 13.0. The third kappa shape index (κ3) is 2.08. The lowest BCUT2D eigenvalue weighted by molar-refractivity contribution is 0.277. The fourth-order valence-electron chi connectivity index (χ4n) is 2.00. The van der Waals surface area contributed by atoms with Crippen LogP contribution in [0.5, 0.6) is 0 Å². The van der Waals surface area contributed by atoms with E-state index in [4.69, 9.17) is 11.0 Å². The van der Waals surface area contributed by atoms with Crippen LogP contribution in [0, 0.1) is 11.3 Å². The summed E-state index contributed by atoms with van der Waals surface area (Å²) >= 11 is 0. The van der Waals surface area contributed by atoms with Gasteiger partial charge in [0.1, 0.15) is 6.17 Å². The molecule has 1 aliphatic heterocycles. The minimum Gasteiger partial charge on any atom is -0.397 e. The molecule has 1 saturated heterocycles. The highest BCUT2D eigenvalue weighted by Gasteiger charge is 2.19. The van der Waals surface area contributed by atoms with E-state index >= 15 is 0 Å². The number of anilines is 2. The molecule has 0 radical (unpaired) electrons. The maximum Gasteiger partial charge on any atom is 0.103 e. The number of alkyl halides is 1. The average Bonchev–Trinajstić information content (AvgIpc) is 2.30. The normalized spacial score (nSPS) is 17.1. The van der Waals surface area contributed by atoms with E-state index in [-0.39, 0.29) is 0 Å². The summed E-state index contributed by atoms with van der Waals surface area (Å²) in [6.45, 7) is 1.38. The predicted octanol–water partition coefficient (Wildman–Crippen LogP) is 2.08. The number of nitriles is 1. The monoisotopic (exact) mass is 219 g/mol. The van der Waals surface area contributed by atoms with Crippen LogP contribution in [0.1, 0.15) is 18.4 Å². The zero-order chi connectivity index (χ0) is 11.5. The highest BCUT2D eigenvalue weighted by molar-refractivity contribution is 5.69. The SMILES string of the molecule is N#Cc1ccc(N2CCC(F)CC2)c(N)c1. The van der Waals surface area contributed by atoms with Gasteiger partial charge in [-0.05, 0) is 31.0 Å². The fraction of sp³-hybridized carbons (Fsp3) is 0.417. The summed E-state index contributed by atoms with van der Waals surface area (Å²) in [5.41, 5.74) is 7.94. The van der Waals surface area contributed by atoms with E-state index in [1.165, 1.54) is 0 Å². The topological polar surface area (TPSA) is 53.0 Å². The summed E-state index contributed by atoms with van der Waals surface area (Å²) in [6, 6.07) is 7.29. The van der Waals surface area contributed by atoms with E-state index in [1.54, 1.807) is 12.1 Å². The summed E-state index contributed by atoms with van der Waals surface area (Å²) in [7, 11) is 0. The van der Waals surface area contributed by atoms with Crippen LogP contribution >= 0.6 is 0 Å². The molecule has 0 atom stereocenters. The molecule has 0 aliphatic carbocycles. The second-order valence-electron chi connectivity index (χ2n) is 4.05. The van der Waals surface area contributed by atoms with Crippen molar-refractivity contribution >= 4 is 11.4 Å². The quantitative estimate of drug-likeness (QED) is 0.736. The van der Waals surface area contributed by atoms with Gasteiger partial charge in [0.05, 0.1) is 23.0 Å². The van der Waals surface area contributed by atoms with Crippen molar-refractivity contribution in [1.82, 2.24) is 0 Å². The van der Waals surface area contributed by atoms with Crippen LogP contribution in [0.4, 0.5) is 15.8 Å². The van der Waals surface area contributed by atoms with Gasteiger partial charge in [-0.3, -0.25) is 0 Å². The highest BCUT2D eigenvalue weighted by Crippen LogP contribution is 2.27. The molecule has 1 aliphatic rings. The molecule has 1 fully saturated rings. The van der Waals surface area contributed by atoms with Gasteiger partial charge in [-0.2, -0.15) is 5.26 Å². The van der Waals surface area contributed by atoms with Crippen LogP contribution < -0.4 is 10.6 Å². The number of rotatable bonds is 1. The van der Waals surface area contributed by atoms with Crippen LogP contribution in [0.25, 0.3) is 0 Å². The Morgan fingerprint density at radius 3 is 2.62 bits per heavy atom. The first-order chi connectivity index (χ1) is 7.70. The molecule has 4 heteroatoms. The van der Waals surface area contributed by atoms with Crippen molar-refractivity contribution in [2.24, 2.45) is 0 Å². The second kappa shape index (κ2) is 4.40. The minimum absolute atomic E-state index is 0.555. The van der Waals surface area contributed by atoms with Gasteiger partial charge in [-0.1, -0.05) is 0 Å². The molecular weight excluding hydrogens is 205 g/mol. The molecule has 84 valence electrons. The third-order valence-electron chi connectivity index (χ3n) is 2.92. The molecule has 0 saturated carbocycles. The van der Waals surface area contributed by atoms with E-state index in [0.29, 0.717) is 37.2 Å². The minimum atomic E-state index is -0.684. The largest absolute Gasteiger partial charge is 0.397 e. The first-order valence-electron chi connectivity index (χ1n) is 5.39. The third-order valence-corrected chi connectivity index (χ3v) is 2.92. The van der Waals surface area contributed by atoms with E-state index in [1.807, 2.05) is 12.1 Å². The molecule has 1 heterocycles. The molecule has 0 unspecified atom stereocenters. The number of nitrogens with zero attached hydrogens (tertiary/aromatic N) is 2. The Kier molecular flexibility index (Phi) is 2.95. The Balaban J connectivity index is 2.18. The molecule has 0 spiro atoms. The van der Waals surface area contributed by atoms with Crippen LogP contribution in [-0.2, 0) is 0 Å².